The maximum absolute atomic E-state index is 13.3. The van der Waals surface area contributed by atoms with E-state index in [0.717, 1.165) is 36.3 Å². The minimum absolute atomic E-state index is 0.0158. The average molecular weight is 427 g/mol. The van der Waals surface area contributed by atoms with Gasteiger partial charge in [-0.05, 0) is 69.9 Å². The summed E-state index contributed by atoms with van der Waals surface area (Å²) in [6.07, 6.45) is 12.8. The fraction of sp³-hybridized carbons (Fsp3) is 0.462. The zero-order chi connectivity index (χ0) is 22.3. The van der Waals surface area contributed by atoms with Gasteiger partial charge in [-0.1, -0.05) is 36.9 Å². The van der Waals surface area contributed by atoms with Crippen LogP contribution in [0.5, 0.6) is 0 Å². The number of benzene rings is 1. The molecule has 0 saturated carbocycles. The fourth-order valence-corrected chi connectivity index (χ4v) is 4.23. The molecule has 1 fully saturated rings. The summed E-state index contributed by atoms with van der Waals surface area (Å²) in [5, 5.41) is 7.27. The van der Waals surface area contributed by atoms with Gasteiger partial charge >= 0.3 is 0 Å². The molecule has 1 aliphatic heterocycles. The molecule has 2 N–H and O–H groups in total. The first-order chi connectivity index (χ1) is 14.8. The summed E-state index contributed by atoms with van der Waals surface area (Å²) in [5.74, 6) is 0.645. The van der Waals surface area contributed by atoms with E-state index >= 15 is 0 Å². The van der Waals surface area contributed by atoms with Gasteiger partial charge in [0.15, 0.2) is 0 Å². The molecule has 168 valence electrons. The Kier molecular flexibility index (Phi) is 7.74. The topological polar surface area (TPSA) is 42.5 Å². The van der Waals surface area contributed by atoms with Crippen LogP contribution in [0, 0.1) is 5.82 Å². The molecule has 1 heterocycles. The van der Waals surface area contributed by atoms with Crippen LogP contribution >= 0.6 is 0 Å². The zero-order valence-electron chi connectivity index (χ0n) is 18.9. The van der Waals surface area contributed by atoms with Crippen molar-refractivity contribution >= 4 is 0 Å². The highest BCUT2D eigenvalue weighted by molar-refractivity contribution is 5.25. The van der Waals surface area contributed by atoms with E-state index in [4.69, 9.17) is 9.47 Å². The highest BCUT2D eigenvalue weighted by Crippen LogP contribution is 2.36. The SMILES string of the molecule is C=C(NC(C)c1ccc(F)cc1)C1(NCCOC2=CC=CCC=C2)CCOC(C)(C)C1. The van der Waals surface area contributed by atoms with Gasteiger partial charge in [0.05, 0.1) is 11.1 Å². The van der Waals surface area contributed by atoms with Crippen molar-refractivity contribution in [1.82, 2.24) is 10.6 Å². The smallest absolute Gasteiger partial charge is 0.123 e. The second-order valence-corrected chi connectivity index (χ2v) is 8.92. The second kappa shape index (κ2) is 10.3. The van der Waals surface area contributed by atoms with E-state index in [9.17, 15) is 4.39 Å². The van der Waals surface area contributed by atoms with Crippen molar-refractivity contribution in [2.45, 2.75) is 57.2 Å². The molecule has 31 heavy (non-hydrogen) atoms. The Morgan fingerprint density at radius 3 is 2.77 bits per heavy atom. The predicted molar refractivity (Wildman–Crippen MR) is 124 cm³/mol. The van der Waals surface area contributed by atoms with Crippen molar-refractivity contribution in [2.24, 2.45) is 0 Å². The summed E-state index contributed by atoms with van der Waals surface area (Å²) in [5.41, 5.74) is 1.38. The van der Waals surface area contributed by atoms with E-state index < -0.39 is 0 Å². The van der Waals surface area contributed by atoms with Crippen molar-refractivity contribution < 1.29 is 13.9 Å². The molecule has 0 radical (unpaired) electrons. The van der Waals surface area contributed by atoms with Crippen LogP contribution < -0.4 is 10.6 Å². The van der Waals surface area contributed by atoms with Gasteiger partial charge in [-0.25, -0.2) is 4.39 Å². The normalized spacial score (nSPS) is 23.5. The summed E-state index contributed by atoms with van der Waals surface area (Å²) >= 11 is 0. The Hall–Kier alpha value is -2.37. The van der Waals surface area contributed by atoms with Gasteiger partial charge in [-0.15, -0.1) is 0 Å². The van der Waals surface area contributed by atoms with E-state index in [-0.39, 0.29) is 23.0 Å². The minimum Gasteiger partial charge on any atom is -0.492 e. The number of halogens is 1. The van der Waals surface area contributed by atoms with Gasteiger partial charge in [-0.2, -0.15) is 0 Å². The van der Waals surface area contributed by atoms with Crippen molar-refractivity contribution in [2.75, 3.05) is 19.8 Å². The lowest BCUT2D eigenvalue weighted by Gasteiger charge is -2.47. The number of hydrogen-bond acceptors (Lipinski definition) is 4. The molecule has 0 amide bonds. The van der Waals surface area contributed by atoms with E-state index in [1.807, 2.05) is 30.4 Å². The third-order valence-corrected chi connectivity index (χ3v) is 5.87. The molecule has 0 bridgehead atoms. The monoisotopic (exact) mass is 426 g/mol. The Balaban J connectivity index is 1.64. The molecule has 1 aromatic carbocycles. The number of hydrogen-bond donors (Lipinski definition) is 2. The average Bonchev–Trinajstić information content (AvgIpc) is 3.00. The molecule has 4 nitrogen and oxygen atoms in total. The zero-order valence-corrected chi connectivity index (χ0v) is 18.9. The molecule has 3 rings (SSSR count). The van der Waals surface area contributed by atoms with Crippen molar-refractivity contribution in [3.63, 3.8) is 0 Å². The molecule has 0 aromatic heterocycles. The third kappa shape index (κ3) is 6.55. The van der Waals surface area contributed by atoms with Gasteiger partial charge < -0.3 is 20.1 Å². The van der Waals surface area contributed by atoms with E-state index in [2.05, 4.69) is 50.1 Å². The van der Waals surface area contributed by atoms with Crippen molar-refractivity contribution in [1.29, 1.82) is 0 Å². The quantitative estimate of drug-likeness (QED) is 0.524. The van der Waals surface area contributed by atoms with E-state index in [1.165, 1.54) is 12.1 Å². The van der Waals surface area contributed by atoms with Crippen molar-refractivity contribution in [3.05, 3.63) is 84.1 Å². The highest BCUT2D eigenvalue weighted by Gasteiger charge is 2.43. The van der Waals surface area contributed by atoms with Gasteiger partial charge in [-0.3, -0.25) is 0 Å². The molecule has 1 aliphatic carbocycles. The lowest BCUT2D eigenvalue weighted by molar-refractivity contribution is -0.0816. The van der Waals surface area contributed by atoms with Crippen LogP contribution in [0.2, 0.25) is 0 Å². The molecule has 1 aromatic rings. The Morgan fingerprint density at radius 1 is 1.26 bits per heavy atom. The van der Waals surface area contributed by atoms with Crippen LogP contribution in [-0.2, 0) is 9.47 Å². The predicted octanol–water partition coefficient (Wildman–Crippen LogP) is 5.32. The minimum atomic E-state index is -0.313. The van der Waals surface area contributed by atoms with E-state index in [1.54, 1.807) is 0 Å². The van der Waals surface area contributed by atoms with E-state index in [0.29, 0.717) is 19.8 Å². The molecule has 0 spiro atoms. The first-order valence-electron chi connectivity index (χ1n) is 11.1. The van der Waals surface area contributed by atoms with Crippen molar-refractivity contribution in [3.8, 4) is 0 Å². The van der Waals surface area contributed by atoms with Gasteiger partial charge in [0.25, 0.3) is 0 Å². The Labute approximate surface area is 185 Å². The Morgan fingerprint density at radius 2 is 2.03 bits per heavy atom. The number of rotatable bonds is 9. The first kappa shape index (κ1) is 23.3. The largest absolute Gasteiger partial charge is 0.492 e. The summed E-state index contributed by atoms with van der Waals surface area (Å²) in [6, 6.07) is 6.62. The van der Waals surface area contributed by atoms with Gasteiger partial charge in [0, 0.05) is 24.9 Å². The fourth-order valence-electron chi connectivity index (χ4n) is 4.23. The summed E-state index contributed by atoms with van der Waals surface area (Å²) in [6.45, 7) is 12.6. The highest BCUT2D eigenvalue weighted by atomic mass is 19.1. The maximum Gasteiger partial charge on any atom is 0.123 e. The molecule has 1 saturated heterocycles. The van der Waals surface area contributed by atoms with Crippen LogP contribution in [0.4, 0.5) is 4.39 Å². The van der Waals surface area contributed by atoms with Gasteiger partial charge in [0.1, 0.15) is 18.2 Å². The lowest BCUT2D eigenvalue weighted by atomic mass is 9.78. The molecule has 2 unspecified atom stereocenters. The lowest BCUT2D eigenvalue weighted by Crippen LogP contribution is -2.58. The number of ether oxygens (including phenoxy) is 2. The summed E-state index contributed by atoms with van der Waals surface area (Å²) in [7, 11) is 0. The summed E-state index contributed by atoms with van der Waals surface area (Å²) in [4.78, 5) is 0. The standard InChI is InChI=1S/C26H35FN2O2/c1-20(22-11-13-23(27)14-12-22)29-21(2)26(15-17-31-25(3,4)19-26)28-16-18-30-24-9-7-5-6-8-10-24/h5,7-14,20,28-29H,2,6,15-19H2,1,3-4H3. The number of nitrogens with one attached hydrogen (secondary N) is 2. The first-order valence-corrected chi connectivity index (χ1v) is 11.1. The molecular weight excluding hydrogens is 391 g/mol. The summed E-state index contributed by atoms with van der Waals surface area (Å²) < 4.78 is 25.2. The van der Waals surface area contributed by atoms with Crippen LogP contribution in [0.3, 0.4) is 0 Å². The van der Waals surface area contributed by atoms with Gasteiger partial charge in [0.2, 0.25) is 0 Å². The van der Waals surface area contributed by atoms with Crippen LogP contribution in [0.25, 0.3) is 0 Å². The second-order valence-electron chi connectivity index (χ2n) is 8.92. The molecular formula is C26H35FN2O2. The Bertz CT molecular complexity index is 841. The molecule has 2 atom stereocenters. The number of allylic oxidation sites excluding steroid dienone is 5. The molecule has 2 aliphatic rings. The molecule has 5 heteroatoms. The third-order valence-electron chi connectivity index (χ3n) is 5.87. The van der Waals surface area contributed by atoms with Crippen LogP contribution in [0.1, 0.15) is 51.6 Å². The van der Waals surface area contributed by atoms with Crippen LogP contribution in [-0.4, -0.2) is 30.9 Å². The maximum atomic E-state index is 13.3. The van der Waals surface area contributed by atoms with Crippen LogP contribution in [0.15, 0.2) is 72.7 Å².